The zero-order valence-electron chi connectivity index (χ0n) is 11.8. The minimum Gasteiger partial charge on any atom is -0.397 e. The highest BCUT2D eigenvalue weighted by molar-refractivity contribution is 7.89. The molecule has 1 aromatic rings. The number of hydrogen-bond acceptors (Lipinski definition) is 5. The predicted octanol–water partition coefficient (Wildman–Crippen LogP) is 0.746. The van der Waals surface area contributed by atoms with E-state index < -0.39 is 20.8 Å². The molecule has 20 heavy (non-hydrogen) atoms. The molecule has 1 rings (SSSR count). The van der Waals surface area contributed by atoms with Gasteiger partial charge >= 0.3 is 0 Å². The SMILES string of the molecule is CNS(=O)(=O)c1ccc(NCCC(C)S(C)=O)c(N)c1. The molecule has 0 heterocycles. The highest BCUT2D eigenvalue weighted by Gasteiger charge is 2.13. The Labute approximate surface area is 122 Å². The molecule has 6 nitrogen and oxygen atoms in total. The van der Waals surface area contributed by atoms with Crippen molar-refractivity contribution in [2.75, 3.05) is 30.9 Å². The normalized spacial score (nSPS) is 14.8. The molecule has 0 bridgehead atoms. The van der Waals surface area contributed by atoms with E-state index in [1.165, 1.54) is 19.2 Å². The third-order valence-corrected chi connectivity index (χ3v) is 5.82. The topological polar surface area (TPSA) is 101 Å². The van der Waals surface area contributed by atoms with Gasteiger partial charge in [-0.3, -0.25) is 4.21 Å². The molecule has 0 spiro atoms. The van der Waals surface area contributed by atoms with Crippen molar-refractivity contribution in [2.24, 2.45) is 0 Å². The van der Waals surface area contributed by atoms with Crippen LogP contribution < -0.4 is 15.8 Å². The number of anilines is 2. The summed E-state index contributed by atoms with van der Waals surface area (Å²) in [6.07, 6.45) is 2.43. The molecule has 0 aliphatic heterocycles. The van der Waals surface area contributed by atoms with Crippen molar-refractivity contribution in [3.63, 3.8) is 0 Å². The second-order valence-corrected chi connectivity index (χ2v) is 8.17. The lowest BCUT2D eigenvalue weighted by molar-refractivity contribution is 0.588. The molecule has 0 aromatic heterocycles. The van der Waals surface area contributed by atoms with E-state index in [0.29, 0.717) is 17.9 Å². The van der Waals surface area contributed by atoms with Crippen LogP contribution in [0, 0.1) is 0 Å². The number of benzene rings is 1. The molecule has 0 aliphatic rings. The van der Waals surface area contributed by atoms with Crippen molar-refractivity contribution in [1.29, 1.82) is 0 Å². The minimum absolute atomic E-state index is 0.104. The molecule has 2 unspecified atom stereocenters. The molecule has 0 saturated heterocycles. The van der Waals surface area contributed by atoms with Crippen LogP contribution in [0.5, 0.6) is 0 Å². The van der Waals surface area contributed by atoms with Gasteiger partial charge in [0.15, 0.2) is 0 Å². The lowest BCUT2D eigenvalue weighted by Gasteiger charge is -2.13. The quantitative estimate of drug-likeness (QED) is 0.644. The molecular formula is C12H21N3O3S2. The molecule has 0 radical (unpaired) electrons. The Bertz CT molecular complexity index is 588. The molecule has 0 amide bonds. The van der Waals surface area contributed by atoms with Gasteiger partial charge in [-0.2, -0.15) is 0 Å². The van der Waals surface area contributed by atoms with Crippen LogP contribution in [0.3, 0.4) is 0 Å². The van der Waals surface area contributed by atoms with Gasteiger partial charge in [0.1, 0.15) is 0 Å². The monoisotopic (exact) mass is 319 g/mol. The zero-order chi connectivity index (χ0) is 15.3. The summed E-state index contributed by atoms with van der Waals surface area (Å²) in [6, 6.07) is 4.54. The second kappa shape index (κ2) is 7.05. The van der Waals surface area contributed by atoms with Gasteiger partial charge in [-0.1, -0.05) is 6.92 Å². The number of rotatable bonds is 7. The van der Waals surface area contributed by atoms with E-state index in [0.717, 1.165) is 6.42 Å². The lowest BCUT2D eigenvalue weighted by atomic mass is 10.2. The van der Waals surface area contributed by atoms with Crippen LogP contribution in [0.25, 0.3) is 0 Å². The minimum atomic E-state index is -3.48. The Kier molecular flexibility index (Phi) is 5.97. The van der Waals surface area contributed by atoms with Gasteiger partial charge in [-0.05, 0) is 31.7 Å². The van der Waals surface area contributed by atoms with Crippen molar-refractivity contribution in [2.45, 2.75) is 23.5 Å². The maximum atomic E-state index is 11.6. The van der Waals surface area contributed by atoms with Crippen molar-refractivity contribution < 1.29 is 12.6 Å². The van der Waals surface area contributed by atoms with Crippen LogP contribution in [0.4, 0.5) is 11.4 Å². The Morgan fingerprint density at radius 2 is 2.05 bits per heavy atom. The Morgan fingerprint density at radius 1 is 1.40 bits per heavy atom. The summed E-state index contributed by atoms with van der Waals surface area (Å²) in [5, 5.41) is 3.23. The first-order valence-corrected chi connectivity index (χ1v) is 9.27. The fourth-order valence-corrected chi connectivity index (χ4v) is 2.78. The number of nitrogens with one attached hydrogen (secondary N) is 2. The van der Waals surface area contributed by atoms with E-state index in [2.05, 4.69) is 10.0 Å². The van der Waals surface area contributed by atoms with Crippen molar-refractivity contribution >= 4 is 32.2 Å². The van der Waals surface area contributed by atoms with Gasteiger partial charge in [0, 0.05) is 28.9 Å². The molecule has 1 aromatic carbocycles. The number of nitrogen functional groups attached to an aromatic ring is 1. The van der Waals surface area contributed by atoms with Gasteiger partial charge in [-0.15, -0.1) is 0 Å². The zero-order valence-corrected chi connectivity index (χ0v) is 13.5. The van der Waals surface area contributed by atoms with E-state index in [4.69, 9.17) is 5.73 Å². The van der Waals surface area contributed by atoms with E-state index in [1.54, 1.807) is 12.3 Å². The largest absolute Gasteiger partial charge is 0.397 e. The maximum absolute atomic E-state index is 11.6. The average Bonchev–Trinajstić information content (AvgIpc) is 2.40. The first-order valence-electron chi connectivity index (χ1n) is 6.17. The van der Waals surface area contributed by atoms with Gasteiger partial charge < -0.3 is 11.1 Å². The lowest BCUT2D eigenvalue weighted by Crippen LogP contribution is -2.19. The van der Waals surface area contributed by atoms with Crippen LogP contribution in [0.1, 0.15) is 13.3 Å². The van der Waals surface area contributed by atoms with E-state index in [-0.39, 0.29) is 10.1 Å². The molecule has 114 valence electrons. The first kappa shape index (κ1) is 16.9. The Hall–Kier alpha value is -1.12. The Balaban J connectivity index is 2.72. The van der Waals surface area contributed by atoms with E-state index in [1.807, 2.05) is 6.92 Å². The summed E-state index contributed by atoms with van der Waals surface area (Å²) in [4.78, 5) is 0.131. The number of nitrogens with two attached hydrogens (primary N) is 1. The summed E-state index contributed by atoms with van der Waals surface area (Å²) < 4.78 is 36.7. The summed E-state index contributed by atoms with van der Waals surface area (Å²) in [5.41, 5.74) is 6.88. The molecule has 0 saturated carbocycles. The second-order valence-electron chi connectivity index (χ2n) is 4.48. The summed E-state index contributed by atoms with van der Waals surface area (Å²) >= 11 is 0. The maximum Gasteiger partial charge on any atom is 0.240 e. The molecular weight excluding hydrogens is 298 g/mol. The van der Waals surface area contributed by atoms with E-state index in [9.17, 15) is 12.6 Å². The van der Waals surface area contributed by atoms with Crippen LogP contribution in [0.15, 0.2) is 23.1 Å². The molecule has 0 fully saturated rings. The summed E-state index contributed by atoms with van der Waals surface area (Å²) in [7, 11) is -2.98. The van der Waals surface area contributed by atoms with Gasteiger partial charge in [0.2, 0.25) is 10.0 Å². The van der Waals surface area contributed by atoms with Crippen LogP contribution in [-0.4, -0.2) is 37.7 Å². The summed E-state index contributed by atoms with van der Waals surface area (Å²) in [6.45, 7) is 2.55. The highest BCUT2D eigenvalue weighted by atomic mass is 32.2. The van der Waals surface area contributed by atoms with Crippen molar-refractivity contribution in [3.8, 4) is 0 Å². The Morgan fingerprint density at radius 3 is 2.55 bits per heavy atom. The van der Waals surface area contributed by atoms with Crippen molar-refractivity contribution in [3.05, 3.63) is 18.2 Å². The van der Waals surface area contributed by atoms with Gasteiger partial charge in [-0.25, -0.2) is 13.1 Å². The van der Waals surface area contributed by atoms with Gasteiger partial charge in [0.25, 0.3) is 0 Å². The third-order valence-electron chi connectivity index (χ3n) is 3.04. The third kappa shape index (κ3) is 4.46. The van der Waals surface area contributed by atoms with E-state index >= 15 is 0 Å². The van der Waals surface area contributed by atoms with Crippen LogP contribution in [0.2, 0.25) is 0 Å². The number of hydrogen-bond donors (Lipinski definition) is 3. The molecule has 2 atom stereocenters. The standard InChI is InChI=1S/C12H21N3O3S2/c1-9(19(3)16)6-7-15-12-5-4-10(8-11(12)13)20(17,18)14-2/h4-5,8-9,14-15H,6-7,13H2,1-3H3. The predicted molar refractivity (Wildman–Crippen MR) is 83.7 cm³/mol. The fraction of sp³-hybridized carbons (Fsp3) is 0.500. The molecule has 0 aliphatic carbocycles. The molecule has 8 heteroatoms. The van der Waals surface area contributed by atoms with Gasteiger partial charge in [0.05, 0.1) is 16.3 Å². The fourth-order valence-electron chi connectivity index (χ4n) is 1.56. The van der Waals surface area contributed by atoms with Crippen molar-refractivity contribution in [1.82, 2.24) is 4.72 Å². The van der Waals surface area contributed by atoms with Crippen LogP contribution in [-0.2, 0) is 20.8 Å². The molecule has 4 N–H and O–H groups in total. The van der Waals surface area contributed by atoms with Crippen LogP contribution >= 0.6 is 0 Å². The highest BCUT2D eigenvalue weighted by Crippen LogP contribution is 2.22. The summed E-state index contributed by atoms with van der Waals surface area (Å²) in [5.74, 6) is 0. The number of sulfonamides is 1. The smallest absolute Gasteiger partial charge is 0.240 e. The first-order chi connectivity index (χ1) is 9.27. The average molecular weight is 319 g/mol.